The number of piperidine rings is 1. The van der Waals surface area contributed by atoms with E-state index in [9.17, 15) is 4.79 Å². The summed E-state index contributed by atoms with van der Waals surface area (Å²) in [4.78, 5) is 18.4. The first-order valence-electron chi connectivity index (χ1n) is 9.30. The number of nitrogens with zero attached hydrogens (tertiary/aromatic N) is 4. The molecule has 140 valence electrons. The minimum absolute atomic E-state index is 0.254. The Balaban J connectivity index is 1.61. The van der Waals surface area contributed by atoms with Crippen LogP contribution in [0.15, 0.2) is 10.6 Å². The van der Waals surface area contributed by atoms with Crippen LogP contribution in [0.5, 0.6) is 0 Å². The van der Waals surface area contributed by atoms with E-state index in [1.165, 1.54) is 0 Å². The summed E-state index contributed by atoms with van der Waals surface area (Å²) in [6.45, 7) is 9.04. The Bertz CT molecular complexity index is 568. The predicted molar refractivity (Wildman–Crippen MR) is 94.4 cm³/mol. The molecule has 25 heavy (non-hydrogen) atoms. The minimum Gasteiger partial charge on any atom is -0.481 e. The van der Waals surface area contributed by atoms with Crippen LogP contribution in [0.3, 0.4) is 0 Å². The standard InChI is InChI=1S/C18H30N4O3/c1-14-11-16(25-19-14)13-21-6-5-17(15(12-21)3-4-18(23)24)22-9-7-20(2)8-10-22/h11,15,17H,3-10,12-13H2,1-2H3,(H,23,24)/t15-,17+/m1/s1. The number of likely N-dealkylation sites (tertiary alicyclic amines) is 1. The molecule has 0 unspecified atom stereocenters. The lowest BCUT2D eigenvalue weighted by molar-refractivity contribution is -0.137. The average molecular weight is 350 g/mol. The van der Waals surface area contributed by atoms with Crippen molar-refractivity contribution in [1.82, 2.24) is 19.9 Å². The molecular formula is C18H30N4O3. The van der Waals surface area contributed by atoms with Crippen molar-refractivity contribution < 1.29 is 14.4 Å². The molecule has 7 heteroatoms. The van der Waals surface area contributed by atoms with Crippen molar-refractivity contribution in [3.63, 3.8) is 0 Å². The molecule has 7 nitrogen and oxygen atoms in total. The van der Waals surface area contributed by atoms with E-state index in [4.69, 9.17) is 9.63 Å². The number of carboxylic acids is 1. The van der Waals surface area contributed by atoms with Crippen molar-refractivity contribution in [3.05, 3.63) is 17.5 Å². The van der Waals surface area contributed by atoms with Gasteiger partial charge in [-0.25, -0.2) is 0 Å². The number of carbonyl (C=O) groups is 1. The Morgan fingerprint density at radius 2 is 2.08 bits per heavy atom. The number of hydrogen-bond acceptors (Lipinski definition) is 6. The smallest absolute Gasteiger partial charge is 0.303 e. The minimum atomic E-state index is -0.694. The first-order chi connectivity index (χ1) is 12.0. The Kier molecular flexibility index (Phi) is 6.09. The van der Waals surface area contributed by atoms with Crippen LogP contribution in [0.1, 0.15) is 30.7 Å². The molecule has 2 atom stereocenters. The van der Waals surface area contributed by atoms with Gasteiger partial charge in [0.05, 0.1) is 12.2 Å². The zero-order valence-electron chi connectivity index (χ0n) is 15.4. The van der Waals surface area contributed by atoms with Crippen LogP contribution in [-0.4, -0.2) is 83.3 Å². The van der Waals surface area contributed by atoms with Crippen LogP contribution in [0.25, 0.3) is 0 Å². The molecule has 0 aliphatic carbocycles. The normalized spacial score (nSPS) is 26.8. The summed E-state index contributed by atoms with van der Waals surface area (Å²) in [5.41, 5.74) is 0.907. The number of aromatic nitrogens is 1. The van der Waals surface area contributed by atoms with Crippen molar-refractivity contribution in [2.75, 3.05) is 46.3 Å². The molecule has 2 aliphatic heterocycles. The van der Waals surface area contributed by atoms with Crippen LogP contribution >= 0.6 is 0 Å². The van der Waals surface area contributed by atoms with E-state index >= 15 is 0 Å². The largest absolute Gasteiger partial charge is 0.481 e. The Hall–Kier alpha value is -1.44. The van der Waals surface area contributed by atoms with Gasteiger partial charge in [-0.3, -0.25) is 14.6 Å². The average Bonchev–Trinajstić information content (AvgIpc) is 2.99. The van der Waals surface area contributed by atoms with Crippen LogP contribution in [0.2, 0.25) is 0 Å². The third-order valence-electron chi connectivity index (χ3n) is 5.57. The fourth-order valence-electron chi connectivity index (χ4n) is 4.18. The van der Waals surface area contributed by atoms with Gasteiger partial charge in [0.25, 0.3) is 0 Å². The molecule has 1 aromatic heterocycles. The summed E-state index contributed by atoms with van der Waals surface area (Å²) in [5.74, 6) is 0.602. The number of hydrogen-bond donors (Lipinski definition) is 1. The van der Waals surface area contributed by atoms with Gasteiger partial charge in [-0.05, 0) is 32.7 Å². The highest BCUT2D eigenvalue weighted by atomic mass is 16.5. The van der Waals surface area contributed by atoms with Gasteiger partial charge in [-0.2, -0.15) is 0 Å². The quantitative estimate of drug-likeness (QED) is 0.828. The molecule has 2 aliphatic rings. The first-order valence-corrected chi connectivity index (χ1v) is 9.30. The van der Waals surface area contributed by atoms with Crippen molar-refractivity contribution in [1.29, 1.82) is 0 Å². The highest BCUT2D eigenvalue weighted by Crippen LogP contribution is 2.28. The lowest BCUT2D eigenvalue weighted by Gasteiger charge is -2.46. The number of piperazine rings is 1. The first kappa shape index (κ1) is 18.4. The van der Waals surface area contributed by atoms with Gasteiger partial charge in [-0.1, -0.05) is 5.16 Å². The molecule has 0 aromatic carbocycles. The van der Waals surface area contributed by atoms with Gasteiger partial charge in [-0.15, -0.1) is 0 Å². The summed E-state index contributed by atoms with van der Waals surface area (Å²) in [5, 5.41) is 13.1. The highest BCUT2D eigenvalue weighted by molar-refractivity contribution is 5.66. The second-order valence-corrected chi connectivity index (χ2v) is 7.56. The molecular weight excluding hydrogens is 320 g/mol. The Morgan fingerprint density at radius 1 is 1.32 bits per heavy atom. The summed E-state index contributed by atoms with van der Waals surface area (Å²) < 4.78 is 5.35. The van der Waals surface area contributed by atoms with Crippen LogP contribution in [-0.2, 0) is 11.3 Å². The molecule has 0 radical (unpaired) electrons. The van der Waals surface area contributed by atoms with Gasteiger partial charge in [0.15, 0.2) is 5.76 Å². The van der Waals surface area contributed by atoms with E-state index in [1.807, 2.05) is 13.0 Å². The van der Waals surface area contributed by atoms with E-state index < -0.39 is 5.97 Å². The molecule has 0 bridgehead atoms. The topological polar surface area (TPSA) is 73.0 Å². The maximum absolute atomic E-state index is 11.1. The lowest BCUT2D eigenvalue weighted by Crippen LogP contribution is -2.56. The fraction of sp³-hybridized carbons (Fsp3) is 0.778. The maximum atomic E-state index is 11.1. The number of likely N-dealkylation sites (N-methyl/N-ethyl adjacent to an activating group) is 1. The highest BCUT2D eigenvalue weighted by Gasteiger charge is 2.34. The zero-order chi connectivity index (χ0) is 17.8. The third-order valence-corrected chi connectivity index (χ3v) is 5.57. The molecule has 2 fully saturated rings. The number of aliphatic carboxylic acids is 1. The van der Waals surface area contributed by atoms with Crippen molar-refractivity contribution in [2.24, 2.45) is 5.92 Å². The van der Waals surface area contributed by atoms with E-state index in [2.05, 4.69) is 26.9 Å². The Morgan fingerprint density at radius 3 is 2.72 bits per heavy atom. The summed E-state index contributed by atoms with van der Waals surface area (Å²) >= 11 is 0. The van der Waals surface area contributed by atoms with Crippen molar-refractivity contribution >= 4 is 5.97 Å². The van der Waals surface area contributed by atoms with Crippen LogP contribution < -0.4 is 0 Å². The van der Waals surface area contributed by atoms with E-state index in [0.717, 1.165) is 70.1 Å². The van der Waals surface area contributed by atoms with Crippen molar-refractivity contribution in [3.8, 4) is 0 Å². The third kappa shape index (κ3) is 5.03. The van der Waals surface area contributed by atoms with E-state index in [1.54, 1.807) is 0 Å². The fourth-order valence-corrected chi connectivity index (χ4v) is 4.18. The number of aryl methyl sites for hydroxylation is 1. The molecule has 1 aromatic rings. The molecule has 1 N–H and O–H groups in total. The SMILES string of the molecule is Cc1cc(CN2CC[C@H](N3CCN(C)CC3)[C@H](CCC(=O)O)C2)on1. The molecule has 2 saturated heterocycles. The van der Waals surface area contributed by atoms with Gasteiger partial charge in [0.1, 0.15) is 0 Å². The summed E-state index contributed by atoms with van der Waals surface area (Å²) in [6.07, 6.45) is 2.10. The zero-order valence-corrected chi connectivity index (χ0v) is 15.4. The maximum Gasteiger partial charge on any atom is 0.303 e. The molecule has 0 amide bonds. The van der Waals surface area contributed by atoms with Gasteiger partial charge in [0.2, 0.25) is 0 Å². The monoisotopic (exact) mass is 350 g/mol. The molecule has 0 spiro atoms. The second kappa shape index (κ2) is 8.29. The van der Waals surface area contributed by atoms with E-state index in [0.29, 0.717) is 12.0 Å². The summed E-state index contributed by atoms with van der Waals surface area (Å²) in [6, 6.07) is 2.49. The Labute approximate surface area is 149 Å². The van der Waals surface area contributed by atoms with Crippen molar-refractivity contribution in [2.45, 2.75) is 38.8 Å². The molecule has 3 heterocycles. The molecule has 0 saturated carbocycles. The molecule has 3 rings (SSSR count). The van der Waals surface area contributed by atoms with Gasteiger partial charge < -0.3 is 14.5 Å². The lowest BCUT2D eigenvalue weighted by atomic mass is 9.86. The number of carboxylic acid groups (broad SMARTS) is 1. The summed E-state index contributed by atoms with van der Waals surface area (Å²) in [7, 11) is 2.17. The van der Waals surface area contributed by atoms with E-state index in [-0.39, 0.29) is 6.42 Å². The van der Waals surface area contributed by atoms with Crippen LogP contribution in [0.4, 0.5) is 0 Å². The predicted octanol–water partition coefficient (Wildman–Crippen LogP) is 1.29. The van der Waals surface area contributed by atoms with Crippen LogP contribution in [0, 0.1) is 12.8 Å². The number of rotatable bonds is 6. The van der Waals surface area contributed by atoms with Gasteiger partial charge in [0, 0.05) is 57.8 Å². The second-order valence-electron chi connectivity index (χ2n) is 7.56. The van der Waals surface area contributed by atoms with Gasteiger partial charge >= 0.3 is 5.97 Å².